The third-order valence-corrected chi connectivity index (χ3v) is 6.48. The SMILES string of the molecule is Cc1ccccc1N(C)S(=O)(=O)c1ccc(Br)s1. The lowest BCUT2D eigenvalue weighted by atomic mass is 10.2. The van der Waals surface area contributed by atoms with Gasteiger partial charge in [-0.2, -0.15) is 0 Å². The molecule has 1 aromatic carbocycles. The lowest BCUT2D eigenvalue weighted by molar-refractivity contribution is 0.596. The van der Waals surface area contributed by atoms with Crippen LogP contribution in [0.25, 0.3) is 0 Å². The molecule has 0 N–H and O–H groups in total. The van der Waals surface area contributed by atoms with E-state index in [1.54, 1.807) is 25.2 Å². The molecule has 0 saturated heterocycles. The summed E-state index contributed by atoms with van der Waals surface area (Å²) in [4.78, 5) is 0. The molecule has 0 unspecified atom stereocenters. The number of hydrogen-bond acceptors (Lipinski definition) is 3. The van der Waals surface area contributed by atoms with Crippen LogP contribution in [0.5, 0.6) is 0 Å². The Balaban J connectivity index is 2.46. The van der Waals surface area contributed by atoms with Gasteiger partial charge in [0.15, 0.2) is 0 Å². The smallest absolute Gasteiger partial charge is 0.268 e. The van der Waals surface area contributed by atoms with Crippen LogP contribution in [-0.2, 0) is 10.0 Å². The molecule has 18 heavy (non-hydrogen) atoms. The third-order valence-electron chi connectivity index (χ3n) is 2.62. The molecule has 0 aliphatic heterocycles. The summed E-state index contributed by atoms with van der Waals surface area (Å²) in [5, 5.41) is 0. The highest BCUT2D eigenvalue weighted by Crippen LogP contribution is 2.31. The van der Waals surface area contributed by atoms with Crippen LogP contribution in [0.4, 0.5) is 5.69 Å². The van der Waals surface area contributed by atoms with Crippen molar-refractivity contribution in [2.24, 2.45) is 0 Å². The summed E-state index contributed by atoms with van der Waals surface area (Å²) in [6.45, 7) is 1.89. The van der Waals surface area contributed by atoms with E-state index in [1.807, 2.05) is 25.1 Å². The number of nitrogens with zero attached hydrogens (tertiary/aromatic N) is 1. The van der Waals surface area contributed by atoms with Crippen molar-refractivity contribution in [1.29, 1.82) is 0 Å². The van der Waals surface area contributed by atoms with Gasteiger partial charge in [0.05, 0.1) is 9.47 Å². The summed E-state index contributed by atoms with van der Waals surface area (Å²) >= 11 is 4.49. The van der Waals surface area contributed by atoms with Gasteiger partial charge >= 0.3 is 0 Å². The van der Waals surface area contributed by atoms with E-state index in [1.165, 1.54) is 15.6 Å². The van der Waals surface area contributed by atoms with Gasteiger partial charge in [0, 0.05) is 7.05 Å². The van der Waals surface area contributed by atoms with Crippen molar-refractivity contribution >= 4 is 43.0 Å². The highest BCUT2D eigenvalue weighted by molar-refractivity contribution is 9.11. The molecule has 0 aliphatic carbocycles. The first-order chi connectivity index (χ1) is 8.43. The van der Waals surface area contributed by atoms with Crippen LogP contribution in [-0.4, -0.2) is 15.5 Å². The van der Waals surface area contributed by atoms with E-state index in [-0.39, 0.29) is 0 Å². The first kappa shape index (κ1) is 13.6. The molecule has 0 bridgehead atoms. The summed E-state index contributed by atoms with van der Waals surface area (Å²) in [6, 6.07) is 10.8. The molecular formula is C12H12BrNO2S2. The van der Waals surface area contributed by atoms with E-state index in [9.17, 15) is 8.42 Å². The summed E-state index contributed by atoms with van der Waals surface area (Å²) in [6.07, 6.45) is 0. The quantitative estimate of drug-likeness (QED) is 0.851. The van der Waals surface area contributed by atoms with Crippen LogP contribution < -0.4 is 4.31 Å². The molecule has 0 radical (unpaired) electrons. The van der Waals surface area contributed by atoms with E-state index >= 15 is 0 Å². The number of sulfonamides is 1. The largest absolute Gasteiger partial charge is 0.273 e. The van der Waals surface area contributed by atoms with Gasteiger partial charge in [-0.15, -0.1) is 11.3 Å². The Hall–Kier alpha value is -0.850. The van der Waals surface area contributed by atoms with Crippen molar-refractivity contribution in [3.05, 3.63) is 45.7 Å². The van der Waals surface area contributed by atoms with E-state index < -0.39 is 10.0 Å². The number of halogens is 1. The number of anilines is 1. The highest BCUT2D eigenvalue weighted by atomic mass is 79.9. The van der Waals surface area contributed by atoms with Crippen LogP contribution in [0, 0.1) is 6.92 Å². The zero-order valence-corrected chi connectivity index (χ0v) is 13.1. The van der Waals surface area contributed by atoms with Gasteiger partial charge in [0.2, 0.25) is 0 Å². The fraction of sp³-hybridized carbons (Fsp3) is 0.167. The normalized spacial score (nSPS) is 11.5. The van der Waals surface area contributed by atoms with Crippen LogP contribution in [0.1, 0.15) is 5.56 Å². The fourth-order valence-electron chi connectivity index (χ4n) is 1.62. The molecular weight excluding hydrogens is 334 g/mol. The molecule has 1 heterocycles. The molecule has 0 spiro atoms. The minimum absolute atomic E-state index is 0.333. The van der Waals surface area contributed by atoms with Gasteiger partial charge in [-0.3, -0.25) is 4.31 Å². The van der Waals surface area contributed by atoms with Crippen molar-refractivity contribution in [2.75, 3.05) is 11.4 Å². The van der Waals surface area contributed by atoms with Gasteiger partial charge in [-0.05, 0) is 46.6 Å². The first-order valence-corrected chi connectivity index (χ1v) is 8.28. The standard InChI is InChI=1S/C12H12BrNO2S2/c1-9-5-3-4-6-10(9)14(2)18(15,16)12-8-7-11(13)17-12/h3-8H,1-2H3. The maximum atomic E-state index is 12.4. The molecule has 6 heteroatoms. The van der Waals surface area contributed by atoms with Crippen LogP contribution in [0.15, 0.2) is 44.4 Å². The Morgan fingerprint density at radius 1 is 1.17 bits per heavy atom. The number of hydrogen-bond donors (Lipinski definition) is 0. The van der Waals surface area contributed by atoms with Gasteiger partial charge in [-0.1, -0.05) is 18.2 Å². The number of aryl methyl sites for hydroxylation is 1. The monoisotopic (exact) mass is 345 g/mol. The molecule has 0 fully saturated rings. The zero-order valence-electron chi connectivity index (χ0n) is 9.92. The molecule has 3 nitrogen and oxygen atoms in total. The molecule has 0 atom stereocenters. The maximum absolute atomic E-state index is 12.4. The Bertz CT molecular complexity index is 664. The van der Waals surface area contributed by atoms with Crippen molar-refractivity contribution in [1.82, 2.24) is 0 Å². The summed E-state index contributed by atoms with van der Waals surface area (Å²) in [5.74, 6) is 0. The van der Waals surface area contributed by atoms with E-state index in [2.05, 4.69) is 15.9 Å². The van der Waals surface area contributed by atoms with E-state index in [4.69, 9.17) is 0 Å². The summed E-state index contributed by atoms with van der Waals surface area (Å²) in [5.41, 5.74) is 1.63. The Morgan fingerprint density at radius 3 is 2.39 bits per heavy atom. The van der Waals surface area contributed by atoms with Crippen molar-refractivity contribution in [3.63, 3.8) is 0 Å². The lowest BCUT2D eigenvalue weighted by Crippen LogP contribution is -2.26. The van der Waals surface area contributed by atoms with Crippen molar-refractivity contribution < 1.29 is 8.42 Å². The third kappa shape index (κ3) is 2.46. The Labute approximate surface area is 119 Å². The van der Waals surface area contributed by atoms with Crippen LogP contribution in [0.3, 0.4) is 0 Å². The van der Waals surface area contributed by atoms with Gasteiger partial charge in [-0.25, -0.2) is 8.42 Å². The predicted molar refractivity (Wildman–Crippen MR) is 78.8 cm³/mol. The Kier molecular flexibility index (Phi) is 3.79. The second-order valence-corrected chi connectivity index (χ2v) is 8.48. The van der Waals surface area contributed by atoms with Crippen LogP contribution >= 0.6 is 27.3 Å². The Morgan fingerprint density at radius 2 is 1.83 bits per heavy atom. The second kappa shape index (κ2) is 5.03. The molecule has 0 amide bonds. The number of rotatable bonds is 3. The molecule has 96 valence electrons. The topological polar surface area (TPSA) is 37.4 Å². The minimum Gasteiger partial charge on any atom is -0.268 e. The van der Waals surface area contributed by atoms with Gasteiger partial charge in [0.25, 0.3) is 10.0 Å². The van der Waals surface area contributed by atoms with Crippen molar-refractivity contribution in [2.45, 2.75) is 11.1 Å². The minimum atomic E-state index is -3.47. The molecule has 2 rings (SSSR count). The summed E-state index contributed by atoms with van der Waals surface area (Å²) in [7, 11) is -1.90. The summed E-state index contributed by atoms with van der Waals surface area (Å²) < 4.78 is 27.3. The predicted octanol–water partition coefficient (Wildman–Crippen LogP) is 3.64. The average molecular weight is 346 g/mol. The zero-order chi connectivity index (χ0) is 13.3. The number of para-hydroxylation sites is 1. The molecule has 0 aliphatic rings. The van der Waals surface area contributed by atoms with Gasteiger partial charge in [0.1, 0.15) is 4.21 Å². The molecule has 2 aromatic rings. The average Bonchev–Trinajstić information content (AvgIpc) is 2.76. The van der Waals surface area contributed by atoms with Crippen molar-refractivity contribution in [3.8, 4) is 0 Å². The maximum Gasteiger partial charge on any atom is 0.273 e. The van der Waals surface area contributed by atoms with Gasteiger partial charge < -0.3 is 0 Å². The molecule has 0 saturated carbocycles. The lowest BCUT2D eigenvalue weighted by Gasteiger charge is -2.20. The highest BCUT2D eigenvalue weighted by Gasteiger charge is 2.23. The second-order valence-electron chi connectivity index (χ2n) is 3.82. The molecule has 1 aromatic heterocycles. The number of benzene rings is 1. The fourth-order valence-corrected chi connectivity index (χ4v) is 5.06. The number of thiophene rings is 1. The van der Waals surface area contributed by atoms with E-state index in [0.717, 1.165) is 9.35 Å². The van der Waals surface area contributed by atoms with Crippen LogP contribution in [0.2, 0.25) is 0 Å². The van der Waals surface area contributed by atoms with E-state index in [0.29, 0.717) is 9.90 Å². The first-order valence-electron chi connectivity index (χ1n) is 5.23.